The average Bonchev–Trinajstić information content (AvgIpc) is 3.84. The Balaban J connectivity index is 1.42. The normalized spacial score (nSPS) is 24.1. The van der Waals surface area contributed by atoms with Crippen molar-refractivity contribution in [3.63, 3.8) is 0 Å². The molecule has 8 atom stereocenters. The summed E-state index contributed by atoms with van der Waals surface area (Å²) in [6.07, 6.45) is 3.05. The molecule has 2 bridgehead atoms. The fourth-order valence-corrected chi connectivity index (χ4v) is 8.72. The van der Waals surface area contributed by atoms with Gasteiger partial charge in [0.2, 0.25) is 11.8 Å². The van der Waals surface area contributed by atoms with Gasteiger partial charge < -0.3 is 34.4 Å². The van der Waals surface area contributed by atoms with Crippen molar-refractivity contribution < 1.29 is 38.5 Å². The molecule has 0 radical (unpaired) electrons. The number of nitrogens with zero attached hydrogens (tertiary/aromatic N) is 2. The number of methoxy groups -OCH3 is 1. The summed E-state index contributed by atoms with van der Waals surface area (Å²) in [5.74, 6) is -3.92. The Hall–Kier alpha value is -5.10. The molecule has 3 amide bonds. The van der Waals surface area contributed by atoms with Gasteiger partial charge in [0.1, 0.15) is 17.7 Å². The number of ether oxygens (including phenoxy) is 3. The lowest BCUT2D eigenvalue weighted by Crippen LogP contribution is -2.57. The molecule has 3 aromatic carbocycles. The quantitative estimate of drug-likeness (QED) is 0.140. The Morgan fingerprint density at radius 1 is 1.04 bits per heavy atom. The second kappa shape index (κ2) is 17.1. The number of carbonyl (C=O) groups excluding carboxylic acids is 4. The number of fused-ring (bicyclic) bond motifs is 1. The highest BCUT2D eigenvalue weighted by Crippen LogP contribution is 2.60. The van der Waals surface area contributed by atoms with Crippen LogP contribution in [-0.2, 0) is 33.4 Å². The van der Waals surface area contributed by atoms with Gasteiger partial charge in [0, 0.05) is 25.8 Å². The minimum absolute atomic E-state index is 0.0423. The topological polar surface area (TPSA) is 135 Å². The van der Waals surface area contributed by atoms with Crippen molar-refractivity contribution in [2.24, 2.45) is 11.8 Å². The highest BCUT2D eigenvalue weighted by atomic mass is 16.6. The number of carbonyl (C=O) groups is 4. The van der Waals surface area contributed by atoms with E-state index in [0.717, 1.165) is 11.1 Å². The van der Waals surface area contributed by atoms with Crippen molar-refractivity contribution in [2.75, 3.05) is 31.8 Å². The summed E-state index contributed by atoms with van der Waals surface area (Å²) in [5, 5.41) is 13.9. The summed E-state index contributed by atoms with van der Waals surface area (Å²) in [6, 6.07) is 21.2. The van der Waals surface area contributed by atoms with E-state index in [1.807, 2.05) is 80.6 Å². The van der Waals surface area contributed by atoms with Crippen LogP contribution in [0.1, 0.15) is 60.1 Å². The number of benzene rings is 3. The molecule has 290 valence electrons. The highest BCUT2D eigenvalue weighted by Gasteiger charge is 2.76. The number of anilines is 1. The fraction of sp³-hybridized carbons (Fsp3) is 0.409. The molecule has 3 aromatic rings. The van der Waals surface area contributed by atoms with E-state index in [2.05, 4.69) is 18.5 Å². The van der Waals surface area contributed by atoms with Gasteiger partial charge in [-0.25, -0.2) is 0 Å². The van der Waals surface area contributed by atoms with E-state index >= 15 is 9.59 Å². The van der Waals surface area contributed by atoms with Crippen LogP contribution in [-0.4, -0.2) is 84.4 Å². The van der Waals surface area contributed by atoms with Gasteiger partial charge in [0.05, 0.1) is 43.2 Å². The fourth-order valence-electron chi connectivity index (χ4n) is 8.72. The number of allylic oxidation sites excluding steroid dienone is 1. The van der Waals surface area contributed by atoms with Crippen LogP contribution in [0.2, 0.25) is 0 Å². The summed E-state index contributed by atoms with van der Waals surface area (Å²) >= 11 is 0. The highest BCUT2D eigenvalue weighted by molar-refractivity contribution is 6.05. The predicted molar refractivity (Wildman–Crippen MR) is 208 cm³/mol. The summed E-state index contributed by atoms with van der Waals surface area (Å²) in [6.45, 7) is 11.2. The SMILES string of the molecule is C=CCCC(=O)N[C@H](COC)[C@H](OC(=O)[C@@H]1[C@@H]2CC[C@]3(O2)[C@H](C(=O)N(CC=C)c2cc(C)ccc2C)N([C@H](CO)c2ccccc2)C(=O)[C@@H]13)c1ccccc1. The van der Waals surface area contributed by atoms with Crippen molar-refractivity contribution >= 4 is 29.4 Å². The van der Waals surface area contributed by atoms with Gasteiger partial charge in [0.25, 0.3) is 5.91 Å². The average molecular weight is 750 g/mol. The molecule has 2 N–H and O–H groups in total. The number of aliphatic hydroxyl groups is 1. The molecule has 3 fully saturated rings. The molecule has 3 heterocycles. The summed E-state index contributed by atoms with van der Waals surface area (Å²) in [7, 11) is 1.50. The third-order valence-electron chi connectivity index (χ3n) is 11.2. The standard InChI is InChI=1S/C44H51N3O8/c1-6-8-19-36(49)45-32(27-53-5)39(31-17-13-10-14-18-31)54-43(52)37-35-22-23-44(55-35)38(37)41(50)47(34(26-48)30-15-11-9-12-16-30)40(44)42(51)46(24-7-2)33-25-28(3)20-21-29(33)4/h6-7,9-18,20-21,25,32,34-35,37-40,48H,1-2,8,19,22-24,26-27H2,3-5H3,(H,45,49)/t32-,34-,35+,37-,38-,39-,40+,44-/m1/s1. The molecule has 0 saturated carbocycles. The first-order chi connectivity index (χ1) is 26.6. The number of rotatable bonds is 17. The lowest BCUT2D eigenvalue weighted by atomic mass is 9.70. The third-order valence-corrected chi connectivity index (χ3v) is 11.2. The number of likely N-dealkylation sites (tertiary alicyclic amines) is 1. The van der Waals surface area contributed by atoms with Crippen LogP contribution < -0.4 is 10.2 Å². The summed E-state index contributed by atoms with van der Waals surface area (Å²) < 4.78 is 18.7. The maximum Gasteiger partial charge on any atom is 0.313 e. The Kier molecular flexibility index (Phi) is 12.3. The smallest absolute Gasteiger partial charge is 0.313 e. The van der Waals surface area contributed by atoms with Crippen LogP contribution in [0.15, 0.2) is 104 Å². The van der Waals surface area contributed by atoms with Gasteiger partial charge in [-0.3, -0.25) is 19.2 Å². The monoisotopic (exact) mass is 749 g/mol. The molecule has 3 saturated heterocycles. The molecule has 1 spiro atoms. The molecule has 11 nitrogen and oxygen atoms in total. The minimum atomic E-state index is -1.38. The molecular weight excluding hydrogens is 698 g/mol. The van der Waals surface area contributed by atoms with Crippen molar-refractivity contribution in [3.05, 3.63) is 126 Å². The first-order valence-corrected chi connectivity index (χ1v) is 18.9. The van der Waals surface area contributed by atoms with E-state index in [4.69, 9.17) is 14.2 Å². The molecule has 0 aliphatic carbocycles. The largest absolute Gasteiger partial charge is 0.455 e. The van der Waals surface area contributed by atoms with Gasteiger partial charge in [-0.2, -0.15) is 0 Å². The number of nitrogens with one attached hydrogen (secondary N) is 1. The lowest BCUT2D eigenvalue weighted by Gasteiger charge is -2.39. The van der Waals surface area contributed by atoms with Gasteiger partial charge in [0.15, 0.2) is 0 Å². The first-order valence-electron chi connectivity index (χ1n) is 18.9. The molecule has 0 unspecified atom stereocenters. The van der Waals surface area contributed by atoms with Crippen LogP contribution in [0, 0.1) is 25.7 Å². The second-order valence-corrected chi connectivity index (χ2v) is 14.7. The van der Waals surface area contributed by atoms with E-state index < -0.39 is 72.2 Å². The zero-order valence-electron chi connectivity index (χ0n) is 31.8. The number of aliphatic hydroxyl groups excluding tert-OH is 1. The first kappa shape index (κ1) is 39.6. The summed E-state index contributed by atoms with van der Waals surface area (Å²) in [4.78, 5) is 61.1. The lowest BCUT2D eigenvalue weighted by molar-refractivity contribution is -0.163. The van der Waals surface area contributed by atoms with Crippen molar-refractivity contribution in [3.8, 4) is 0 Å². The maximum absolute atomic E-state index is 15.3. The van der Waals surface area contributed by atoms with Crippen molar-refractivity contribution in [2.45, 2.75) is 75.5 Å². The number of hydrogen-bond acceptors (Lipinski definition) is 8. The zero-order chi connectivity index (χ0) is 39.3. The molecule has 6 rings (SSSR count). The Morgan fingerprint density at radius 3 is 2.36 bits per heavy atom. The van der Waals surface area contributed by atoms with E-state index in [-0.39, 0.29) is 25.5 Å². The van der Waals surface area contributed by atoms with Crippen LogP contribution in [0.3, 0.4) is 0 Å². The van der Waals surface area contributed by atoms with Gasteiger partial charge >= 0.3 is 5.97 Å². The molecule has 3 aliphatic heterocycles. The Morgan fingerprint density at radius 2 is 1.73 bits per heavy atom. The van der Waals surface area contributed by atoms with Gasteiger partial charge in [-0.15, -0.1) is 13.2 Å². The number of amides is 3. The van der Waals surface area contributed by atoms with E-state index in [9.17, 15) is 14.7 Å². The number of hydrogen-bond donors (Lipinski definition) is 2. The molecule has 3 aliphatic rings. The van der Waals surface area contributed by atoms with Crippen LogP contribution in [0.25, 0.3) is 0 Å². The van der Waals surface area contributed by atoms with Gasteiger partial charge in [-0.05, 0) is 61.4 Å². The maximum atomic E-state index is 15.3. The van der Waals surface area contributed by atoms with E-state index in [1.54, 1.807) is 29.2 Å². The molecule has 0 aromatic heterocycles. The third kappa shape index (κ3) is 7.61. The van der Waals surface area contributed by atoms with Crippen LogP contribution >= 0.6 is 0 Å². The Labute approximate surface area is 322 Å². The number of aryl methyl sites for hydroxylation is 2. The van der Waals surface area contributed by atoms with E-state index in [1.165, 1.54) is 12.0 Å². The van der Waals surface area contributed by atoms with E-state index in [0.29, 0.717) is 36.1 Å². The molecular formula is C44H51N3O8. The molecule has 55 heavy (non-hydrogen) atoms. The molecule has 11 heteroatoms. The number of esters is 1. The Bertz CT molecular complexity index is 1890. The van der Waals surface area contributed by atoms with Gasteiger partial charge in [-0.1, -0.05) is 84.9 Å². The minimum Gasteiger partial charge on any atom is -0.455 e. The van der Waals surface area contributed by atoms with Crippen molar-refractivity contribution in [1.82, 2.24) is 10.2 Å². The summed E-state index contributed by atoms with van der Waals surface area (Å²) in [5.41, 5.74) is 2.38. The zero-order valence-corrected chi connectivity index (χ0v) is 31.8. The van der Waals surface area contributed by atoms with Crippen LogP contribution in [0.5, 0.6) is 0 Å². The van der Waals surface area contributed by atoms with Crippen molar-refractivity contribution in [1.29, 1.82) is 0 Å². The second-order valence-electron chi connectivity index (χ2n) is 14.7. The predicted octanol–water partition coefficient (Wildman–Crippen LogP) is 5.31. The van der Waals surface area contributed by atoms with Crippen LogP contribution in [0.4, 0.5) is 5.69 Å².